The van der Waals surface area contributed by atoms with Gasteiger partial charge in [0.2, 0.25) is 5.91 Å². The van der Waals surface area contributed by atoms with Gasteiger partial charge in [0.25, 0.3) is 0 Å². The fourth-order valence-electron chi connectivity index (χ4n) is 3.73. The zero-order valence-electron chi connectivity index (χ0n) is 19.2. The molecule has 1 saturated heterocycles. The summed E-state index contributed by atoms with van der Waals surface area (Å²) in [5.74, 6) is 1.26. The van der Waals surface area contributed by atoms with Crippen molar-refractivity contribution >= 4 is 23.2 Å². The smallest absolute Gasteiger partial charge is 0.235 e. The molecular formula is C25H32ClNO5. The fraction of sp³-hybridized carbons (Fsp3) is 0.480. The van der Waals surface area contributed by atoms with Crippen molar-refractivity contribution < 1.29 is 23.7 Å². The van der Waals surface area contributed by atoms with E-state index in [1.54, 1.807) is 26.4 Å². The van der Waals surface area contributed by atoms with Crippen LogP contribution in [-0.2, 0) is 19.7 Å². The molecule has 2 aromatic carbocycles. The van der Waals surface area contributed by atoms with Crippen LogP contribution in [0.1, 0.15) is 38.7 Å². The number of benzene rings is 2. The Labute approximate surface area is 195 Å². The molecule has 0 bridgehead atoms. The first kappa shape index (κ1) is 24.4. The lowest BCUT2D eigenvalue weighted by atomic mass is 9.73. The SMILES string of the molecule is COc1ccc(C2(C(=O)Nc3ccc(OCCC(C)(C)OC)c(Cl)c3)CCOCC2)cc1. The minimum atomic E-state index is -0.669. The Hall–Kier alpha value is -2.28. The molecule has 174 valence electrons. The van der Waals surface area contributed by atoms with Crippen molar-refractivity contribution in [1.29, 1.82) is 0 Å². The van der Waals surface area contributed by atoms with Crippen molar-refractivity contribution in [2.45, 2.75) is 44.1 Å². The lowest BCUT2D eigenvalue weighted by Crippen LogP contribution is -2.44. The Morgan fingerprint density at radius 1 is 1.12 bits per heavy atom. The molecule has 1 aliphatic rings. The average molecular weight is 462 g/mol. The van der Waals surface area contributed by atoms with E-state index in [0.29, 0.717) is 49.1 Å². The molecule has 1 amide bonds. The quantitative estimate of drug-likeness (QED) is 0.554. The van der Waals surface area contributed by atoms with Gasteiger partial charge in [0, 0.05) is 32.4 Å². The number of carbonyl (C=O) groups is 1. The van der Waals surface area contributed by atoms with Crippen molar-refractivity contribution in [2.24, 2.45) is 0 Å². The maximum absolute atomic E-state index is 13.5. The number of nitrogens with one attached hydrogen (secondary N) is 1. The van der Waals surface area contributed by atoms with E-state index < -0.39 is 5.41 Å². The van der Waals surface area contributed by atoms with Gasteiger partial charge in [0.05, 0.1) is 29.8 Å². The molecule has 3 rings (SSSR count). The number of methoxy groups -OCH3 is 2. The van der Waals surface area contributed by atoms with Gasteiger partial charge in [0.15, 0.2) is 0 Å². The number of hydrogen-bond donors (Lipinski definition) is 1. The van der Waals surface area contributed by atoms with Crippen LogP contribution in [-0.4, -0.2) is 45.5 Å². The first-order valence-electron chi connectivity index (χ1n) is 10.8. The number of amides is 1. The summed E-state index contributed by atoms with van der Waals surface area (Å²) in [6, 6.07) is 13.0. The van der Waals surface area contributed by atoms with Gasteiger partial charge in [0.1, 0.15) is 11.5 Å². The Morgan fingerprint density at radius 2 is 1.81 bits per heavy atom. The number of carbonyl (C=O) groups excluding carboxylic acids is 1. The summed E-state index contributed by atoms with van der Waals surface area (Å²) in [5, 5.41) is 3.50. The molecular weight excluding hydrogens is 430 g/mol. The van der Waals surface area contributed by atoms with Crippen LogP contribution in [0.3, 0.4) is 0 Å². The number of halogens is 1. The topological polar surface area (TPSA) is 66.0 Å². The lowest BCUT2D eigenvalue weighted by molar-refractivity contribution is -0.125. The molecule has 0 spiro atoms. The van der Waals surface area contributed by atoms with Gasteiger partial charge in [-0.25, -0.2) is 0 Å². The fourth-order valence-corrected chi connectivity index (χ4v) is 3.97. The number of rotatable bonds is 9. The van der Waals surface area contributed by atoms with E-state index in [2.05, 4.69) is 5.32 Å². The van der Waals surface area contributed by atoms with Crippen LogP contribution >= 0.6 is 11.6 Å². The zero-order chi connectivity index (χ0) is 23.2. The minimum Gasteiger partial charge on any atom is -0.497 e. The van der Waals surface area contributed by atoms with Crippen LogP contribution in [0.15, 0.2) is 42.5 Å². The highest BCUT2D eigenvalue weighted by Gasteiger charge is 2.41. The van der Waals surface area contributed by atoms with E-state index in [0.717, 1.165) is 17.7 Å². The van der Waals surface area contributed by atoms with E-state index in [1.807, 2.05) is 44.2 Å². The number of ether oxygens (including phenoxy) is 4. The van der Waals surface area contributed by atoms with Gasteiger partial charge in [-0.05, 0) is 62.6 Å². The second kappa shape index (κ2) is 10.6. The van der Waals surface area contributed by atoms with Gasteiger partial charge in [-0.1, -0.05) is 23.7 Å². The molecule has 0 saturated carbocycles. The third kappa shape index (κ3) is 5.74. The molecule has 1 N–H and O–H groups in total. The molecule has 32 heavy (non-hydrogen) atoms. The van der Waals surface area contributed by atoms with Crippen LogP contribution in [0.4, 0.5) is 5.69 Å². The van der Waals surface area contributed by atoms with E-state index >= 15 is 0 Å². The first-order valence-corrected chi connectivity index (χ1v) is 11.2. The third-order valence-electron chi connectivity index (χ3n) is 6.13. The van der Waals surface area contributed by atoms with Crippen molar-refractivity contribution in [2.75, 3.05) is 39.4 Å². The summed E-state index contributed by atoms with van der Waals surface area (Å²) >= 11 is 6.43. The summed E-state index contributed by atoms with van der Waals surface area (Å²) in [6.07, 6.45) is 1.94. The molecule has 6 nitrogen and oxygen atoms in total. The van der Waals surface area contributed by atoms with Crippen LogP contribution in [0, 0.1) is 0 Å². The summed E-state index contributed by atoms with van der Waals surface area (Å²) in [6.45, 7) is 5.56. The van der Waals surface area contributed by atoms with E-state index in [4.69, 9.17) is 30.5 Å². The molecule has 0 radical (unpaired) electrons. The molecule has 2 aromatic rings. The lowest BCUT2D eigenvalue weighted by Gasteiger charge is -2.36. The highest BCUT2D eigenvalue weighted by molar-refractivity contribution is 6.32. The maximum Gasteiger partial charge on any atom is 0.235 e. The standard InChI is InChI=1S/C25H32ClNO5/c1-24(2,30-4)11-16-32-22-10-7-19(17-21(22)26)27-23(28)25(12-14-31-15-13-25)18-5-8-20(29-3)9-6-18/h5-10,17H,11-16H2,1-4H3,(H,27,28). The number of anilines is 1. The predicted octanol–water partition coefficient (Wildman–Crippen LogP) is 5.23. The Bertz CT molecular complexity index is 907. The average Bonchev–Trinajstić information content (AvgIpc) is 2.81. The molecule has 0 unspecified atom stereocenters. The zero-order valence-corrected chi connectivity index (χ0v) is 20.0. The van der Waals surface area contributed by atoms with Gasteiger partial charge in [-0.3, -0.25) is 4.79 Å². The summed E-state index contributed by atoms with van der Waals surface area (Å²) in [7, 11) is 3.31. The number of hydrogen-bond acceptors (Lipinski definition) is 5. The van der Waals surface area contributed by atoms with Crippen LogP contribution in [0.2, 0.25) is 5.02 Å². The highest BCUT2D eigenvalue weighted by Crippen LogP contribution is 2.37. The molecule has 0 aliphatic carbocycles. The molecule has 7 heteroatoms. The molecule has 1 aliphatic heterocycles. The largest absolute Gasteiger partial charge is 0.497 e. The summed E-state index contributed by atoms with van der Waals surface area (Å²) < 4.78 is 22.0. The normalized spacial score (nSPS) is 15.8. The summed E-state index contributed by atoms with van der Waals surface area (Å²) in [5.41, 5.74) is 0.646. The minimum absolute atomic E-state index is 0.0717. The second-order valence-electron chi connectivity index (χ2n) is 8.58. The van der Waals surface area contributed by atoms with E-state index in [9.17, 15) is 4.79 Å². The predicted molar refractivity (Wildman–Crippen MR) is 126 cm³/mol. The van der Waals surface area contributed by atoms with E-state index in [1.165, 1.54) is 0 Å². The second-order valence-corrected chi connectivity index (χ2v) is 8.99. The Balaban J connectivity index is 1.72. The Kier molecular flexibility index (Phi) is 8.04. The van der Waals surface area contributed by atoms with Crippen LogP contribution < -0.4 is 14.8 Å². The van der Waals surface area contributed by atoms with Crippen LogP contribution in [0.5, 0.6) is 11.5 Å². The van der Waals surface area contributed by atoms with Crippen LogP contribution in [0.25, 0.3) is 0 Å². The summed E-state index contributed by atoms with van der Waals surface area (Å²) in [4.78, 5) is 13.5. The third-order valence-corrected chi connectivity index (χ3v) is 6.42. The molecule has 1 fully saturated rings. The van der Waals surface area contributed by atoms with Gasteiger partial charge in [-0.2, -0.15) is 0 Å². The maximum atomic E-state index is 13.5. The monoisotopic (exact) mass is 461 g/mol. The molecule has 0 atom stereocenters. The van der Waals surface area contributed by atoms with Gasteiger partial charge < -0.3 is 24.3 Å². The van der Waals surface area contributed by atoms with Crippen molar-refractivity contribution in [1.82, 2.24) is 0 Å². The molecule has 0 aromatic heterocycles. The van der Waals surface area contributed by atoms with Crippen molar-refractivity contribution in [3.8, 4) is 11.5 Å². The Morgan fingerprint density at radius 3 is 2.41 bits per heavy atom. The van der Waals surface area contributed by atoms with Crippen molar-refractivity contribution in [3.05, 3.63) is 53.1 Å². The molecule has 1 heterocycles. The van der Waals surface area contributed by atoms with Gasteiger partial charge >= 0.3 is 0 Å². The first-order chi connectivity index (χ1) is 15.3. The van der Waals surface area contributed by atoms with E-state index in [-0.39, 0.29) is 11.5 Å². The highest BCUT2D eigenvalue weighted by atomic mass is 35.5. The van der Waals surface area contributed by atoms with Crippen molar-refractivity contribution in [3.63, 3.8) is 0 Å². The van der Waals surface area contributed by atoms with Gasteiger partial charge in [-0.15, -0.1) is 0 Å².